The monoisotopic (exact) mass is 254 g/mol. The molecule has 0 amide bonds. The van der Waals surface area contributed by atoms with Gasteiger partial charge in [-0.3, -0.25) is 0 Å². The Morgan fingerprint density at radius 3 is 2.94 bits per heavy atom. The number of aromatic nitrogens is 4. The molecular weight excluding hydrogens is 248 g/mol. The molecule has 0 spiro atoms. The molecular formula is C8H6N4O2S2. The van der Waals surface area contributed by atoms with Gasteiger partial charge in [0, 0.05) is 5.69 Å². The number of carbonyl (C=O) groups is 1. The van der Waals surface area contributed by atoms with Gasteiger partial charge in [-0.1, -0.05) is 11.3 Å². The lowest BCUT2D eigenvalue weighted by atomic mass is 10.3. The van der Waals surface area contributed by atoms with Crippen LogP contribution in [0.1, 0.15) is 16.2 Å². The van der Waals surface area contributed by atoms with Gasteiger partial charge in [-0.05, 0) is 24.8 Å². The zero-order valence-corrected chi connectivity index (χ0v) is 9.75. The first kappa shape index (κ1) is 11.0. The maximum atomic E-state index is 10.8. The van der Waals surface area contributed by atoms with Crippen LogP contribution in [-0.2, 0) is 0 Å². The predicted molar refractivity (Wildman–Crippen MR) is 57.8 cm³/mol. The Kier molecular flexibility index (Phi) is 3.11. The third-order valence-corrected chi connectivity index (χ3v) is 3.21. The molecule has 1 N–H and O–H groups in total. The van der Waals surface area contributed by atoms with Gasteiger partial charge in [0.25, 0.3) is 0 Å². The maximum absolute atomic E-state index is 10.8. The summed E-state index contributed by atoms with van der Waals surface area (Å²) in [6.07, 6.45) is 0. The van der Waals surface area contributed by atoms with E-state index < -0.39 is 5.97 Å². The van der Waals surface area contributed by atoms with Gasteiger partial charge < -0.3 is 5.11 Å². The molecule has 82 valence electrons. The summed E-state index contributed by atoms with van der Waals surface area (Å²) in [7, 11) is 0. The molecule has 16 heavy (non-hydrogen) atoms. The number of carboxylic acids is 1. The summed E-state index contributed by atoms with van der Waals surface area (Å²) >= 11 is 2.55. The van der Waals surface area contributed by atoms with Gasteiger partial charge in [0.2, 0.25) is 0 Å². The second-order valence-corrected chi connectivity index (χ2v) is 4.84. The Labute approximate surface area is 98.8 Å². The van der Waals surface area contributed by atoms with Crippen LogP contribution in [0.4, 0.5) is 0 Å². The fraction of sp³-hybridized carbons (Fsp3) is 0.125. The lowest BCUT2D eigenvalue weighted by molar-refractivity contribution is 0.0689. The van der Waals surface area contributed by atoms with Crippen molar-refractivity contribution in [2.24, 2.45) is 0 Å². The van der Waals surface area contributed by atoms with Crippen molar-refractivity contribution in [1.29, 1.82) is 0 Å². The van der Waals surface area contributed by atoms with Crippen LogP contribution in [0.25, 0.3) is 0 Å². The second kappa shape index (κ2) is 4.54. The SMILES string of the molecule is Cc1cc(C(=O)O)nc(Sc2nncs2)n1. The fourth-order valence-corrected chi connectivity index (χ4v) is 2.38. The number of aryl methyl sites for hydroxylation is 1. The molecule has 0 aliphatic heterocycles. The minimum absolute atomic E-state index is 0.0143. The van der Waals surface area contributed by atoms with Crippen LogP contribution >= 0.6 is 23.1 Å². The molecule has 0 aromatic carbocycles. The number of rotatable bonds is 3. The van der Waals surface area contributed by atoms with E-state index in [0.717, 1.165) is 0 Å². The smallest absolute Gasteiger partial charge is 0.354 e. The molecule has 0 radical (unpaired) electrons. The minimum Gasteiger partial charge on any atom is -0.477 e. The van der Waals surface area contributed by atoms with Gasteiger partial charge >= 0.3 is 5.97 Å². The van der Waals surface area contributed by atoms with Crippen molar-refractivity contribution in [3.63, 3.8) is 0 Å². The highest BCUT2D eigenvalue weighted by Gasteiger charge is 2.10. The lowest BCUT2D eigenvalue weighted by Crippen LogP contribution is -2.03. The van der Waals surface area contributed by atoms with Crippen molar-refractivity contribution in [1.82, 2.24) is 20.2 Å². The Bertz CT molecular complexity index is 515. The zero-order valence-electron chi connectivity index (χ0n) is 8.12. The van der Waals surface area contributed by atoms with Crippen LogP contribution in [0.3, 0.4) is 0 Å². The van der Waals surface area contributed by atoms with Crippen LogP contribution in [0.2, 0.25) is 0 Å². The zero-order chi connectivity index (χ0) is 11.5. The summed E-state index contributed by atoms with van der Waals surface area (Å²) in [5.41, 5.74) is 2.19. The molecule has 2 heterocycles. The van der Waals surface area contributed by atoms with Crippen molar-refractivity contribution in [3.05, 3.63) is 23.0 Å². The van der Waals surface area contributed by atoms with Crippen molar-refractivity contribution < 1.29 is 9.90 Å². The number of hydrogen-bond acceptors (Lipinski definition) is 7. The highest BCUT2D eigenvalue weighted by Crippen LogP contribution is 2.25. The van der Waals surface area contributed by atoms with Crippen LogP contribution in [0.5, 0.6) is 0 Å². The quantitative estimate of drug-likeness (QED) is 0.830. The number of aromatic carboxylic acids is 1. The topological polar surface area (TPSA) is 88.9 Å². The third kappa shape index (κ3) is 2.52. The molecule has 2 rings (SSSR count). The molecule has 0 saturated heterocycles. The predicted octanol–water partition coefficient (Wildman–Crippen LogP) is 1.49. The highest BCUT2D eigenvalue weighted by molar-refractivity contribution is 8.00. The lowest BCUT2D eigenvalue weighted by Gasteiger charge is -2.00. The van der Waals surface area contributed by atoms with Crippen LogP contribution in [-0.4, -0.2) is 31.2 Å². The molecule has 0 fully saturated rings. The highest BCUT2D eigenvalue weighted by atomic mass is 32.2. The molecule has 0 aliphatic rings. The largest absolute Gasteiger partial charge is 0.477 e. The van der Waals surface area contributed by atoms with E-state index in [4.69, 9.17) is 5.11 Å². The summed E-state index contributed by atoms with van der Waals surface area (Å²) in [6, 6.07) is 1.42. The molecule has 6 nitrogen and oxygen atoms in total. The molecule has 0 unspecified atom stereocenters. The van der Waals surface area contributed by atoms with Gasteiger partial charge in [-0.2, -0.15) is 0 Å². The van der Waals surface area contributed by atoms with Gasteiger partial charge in [0.15, 0.2) is 15.2 Å². The Hall–Kier alpha value is -1.54. The first-order valence-corrected chi connectivity index (χ1v) is 5.88. The summed E-state index contributed by atoms with van der Waals surface area (Å²) < 4.78 is 0.682. The number of carboxylic acid groups (broad SMARTS) is 1. The summed E-state index contributed by atoms with van der Waals surface area (Å²) in [5.74, 6) is -1.07. The van der Waals surface area contributed by atoms with E-state index in [1.807, 2.05) is 0 Å². The average Bonchev–Trinajstić information content (AvgIpc) is 2.69. The molecule has 0 saturated carbocycles. The van der Waals surface area contributed by atoms with E-state index in [9.17, 15) is 4.79 Å². The van der Waals surface area contributed by atoms with E-state index in [0.29, 0.717) is 15.2 Å². The second-order valence-electron chi connectivity index (χ2n) is 2.79. The maximum Gasteiger partial charge on any atom is 0.354 e. The minimum atomic E-state index is -1.07. The molecule has 0 bridgehead atoms. The standard InChI is InChI=1S/C8H6N4O2S2/c1-4-2-5(6(13)14)11-7(10-4)16-8-12-9-3-15-8/h2-3H,1H3,(H,13,14). The average molecular weight is 254 g/mol. The van der Waals surface area contributed by atoms with Crippen molar-refractivity contribution in [2.75, 3.05) is 0 Å². The van der Waals surface area contributed by atoms with Crippen LogP contribution < -0.4 is 0 Å². The number of hydrogen-bond donors (Lipinski definition) is 1. The van der Waals surface area contributed by atoms with E-state index in [1.54, 1.807) is 12.4 Å². The molecule has 0 atom stereocenters. The van der Waals surface area contributed by atoms with E-state index in [-0.39, 0.29) is 5.69 Å². The van der Waals surface area contributed by atoms with E-state index in [2.05, 4.69) is 20.2 Å². The van der Waals surface area contributed by atoms with Crippen molar-refractivity contribution in [2.45, 2.75) is 16.4 Å². The fourth-order valence-electron chi connectivity index (χ4n) is 0.982. The van der Waals surface area contributed by atoms with E-state index in [1.165, 1.54) is 29.2 Å². The Balaban J connectivity index is 2.31. The summed E-state index contributed by atoms with van der Waals surface area (Å²) in [5, 5.41) is 16.7. The van der Waals surface area contributed by atoms with Crippen molar-refractivity contribution in [3.8, 4) is 0 Å². The van der Waals surface area contributed by atoms with Gasteiger partial charge in [-0.15, -0.1) is 10.2 Å². The van der Waals surface area contributed by atoms with Gasteiger partial charge in [-0.25, -0.2) is 14.8 Å². The van der Waals surface area contributed by atoms with Crippen molar-refractivity contribution >= 4 is 29.1 Å². The van der Waals surface area contributed by atoms with E-state index >= 15 is 0 Å². The third-order valence-electron chi connectivity index (χ3n) is 1.57. The molecule has 0 aliphatic carbocycles. The number of nitrogens with zero attached hydrogens (tertiary/aromatic N) is 4. The van der Waals surface area contributed by atoms with Crippen LogP contribution in [0, 0.1) is 6.92 Å². The Morgan fingerprint density at radius 1 is 1.50 bits per heavy atom. The Morgan fingerprint density at radius 2 is 2.31 bits per heavy atom. The molecule has 8 heteroatoms. The van der Waals surface area contributed by atoms with Crippen LogP contribution in [0.15, 0.2) is 21.1 Å². The van der Waals surface area contributed by atoms with Gasteiger partial charge in [0.1, 0.15) is 5.51 Å². The molecule has 2 aromatic rings. The summed E-state index contributed by atoms with van der Waals surface area (Å²) in [4.78, 5) is 18.8. The first-order chi connectivity index (χ1) is 7.65. The first-order valence-electron chi connectivity index (χ1n) is 4.18. The van der Waals surface area contributed by atoms with Gasteiger partial charge in [0.05, 0.1) is 0 Å². The molecule has 2 aromatic heterocycles. The summed E-state index contributed by atoms with van der Waals surface area (Å²) in [6.45, 7) is 1.72. The normalized spacial score (nSPS) is 10.3.